The van der Waals surface area contributed by atoms with E-state index in [1.807, 2.05) is 0 Å². The summed E-state index contributed by atoms with van der Waals surface area (Å²) in [5.41, 5.74) is 6.15. The van der Waals surface area contributed by atoms with Crippen LogP contribution in [-0.2, 0) is 10.0 Å². The number of anilines is 1. The van der Waals surface area contributed by atoms with Crippen molar-refractivity contribution in [3.8, 4) is 5.75 Å². The van der Waals surface area contributed by atoms with Crippen LogP contribution in [0.4, 0.5) is 5.69 Å². The highest BCUT2D eigenvalue weighted by Gasteiger charge is 2.25. The molecule has 1 aliphatic heterocycles. The Bertz CT molecular complexity index is 538. The molecule has 0 amide bonds. The Morgan fingerprint density at radius 1 is 1.32 bits per heavy atom. The van der Waals surface area contributed by atoms with Crippen LogP contribution in [0.5, 0.6) is 5.75 Å². The molecule has 0 spiro atoms. The quantitative estimate of drug-likeness (QED) is 0.855. The zero-order chi connectivity index (χ0) is 13.9. The normalized spacial score (nSPS) is 17.9. The van der Waals surface area contributed by atoms with Crippen molar-refractivity contribution in [1.29, 1.82) is 0 Å². The predicted molar refractivity (Wildman–Crippen MR) is 78.1 cm³/mol. The van der Waals surface area contributed by atoms with Gasteiger partial charge in [0.2, 0.25) is 10.0 Å². The zero-order valence-corrected chi connectivity index (χ0v) is 12.5. The van der Waals surface area contributed by atoms with Gasteiger partial charge in [-0.2, -0.15) is 16.1 Å². The molecule has 1 heterocycles. The van der Waals surface area contributed by atoms with E-state index in [0.29, 0.717) is 24.5 Å². The van der Waals surface area contributed by atoms with Crippen LogP contribution in [0.1, 0.15) is 6.42 Å². The van der Waals surface area contributed by atoms with Crippen LogP contribution in [0, 0.1) is 0 Å². The van der Waals surface area contributed by atoms with Gasteiger partial charge in [0, 0.05) is 24.9 Å². The van der Waals surface area contributed by atoms with E-state index < -0.39 is 10.0 Å². The number of benzene rings is 1. The van der Waals surface area contributed by atoms with Gasteiger partial charge >= 0.3 is 0 Å². The summed E-state index contributed by atoms with van der Waals surface area (Å²) in [7, 11) is -1.97. The van der Waals surface area contributed by atoms with Crippen LogP contribution in [0.3, 0.4) is 0 Å². The average Bonchev–Trinajstić information content (AvgIpc) is 2.68. The Morgan fingerprint density at radius 2 is 2.11 bits per heavy atom. The van der Waals surface area contributed by atoms with Gasteiger partial charge in [0.15, 0.2) is 0 Å². The molecule has 5 nitrogen and oxygen atoms in total. The molecule has 1 aliphatic rings. The number of hydrogen-bond acceptors (Lipinski definition) is 5. The fourth-order valence-electron chi connectivity index (χ4n) is 1.96. The smallest absolute Gasteiger partial charge is 0.243 e. The number of hydrogen-bond donors (Lipinski definition) is 1. The molecule has 2 N–H and O–H groups in total. The summed E-state index contributed by atoms with van der Waals surface area (Å²) < 4.78 is 31.7. The van der Waals surface area contributed by atoms with Gasteiger partial charge in [-0.05, 0) is 24.3 Å². The number of nitrogens with two attached hydrogens (primary N) is 1. The van der Waals surface area contributed by atoms with E-state index in [4.69, 9.17) is 10.5 Å². The number of methoxy groups -OCH3 is 1. The van der Waals surface area contributed by atoms with Gasteiger partial charge in [0.25, 0.3) is 0 Å². The fourth-order valence-corrected chi connectivity index (χ4v) is 4.46. The third kappa shape index (κ3) is 3.16. The van der Waals surface area contributed by atoms with Crippen molar-refractivity contribution in [1.82, 2.24) is 4.31 Å². The van der Waals surface area contributed by atoms with E-state index in [0.717, 1.165) is 17.9 Å². The van der Waals surface area contributed by atoms with Gasteiger partial charge in [-0.3, -0.25) is 0 Å². The molecule has 0 aliphatic carbocycles. The fraction of sp³-hybridized carbons (Fsp3) is 0.500. The lowest BCUT2D eigenvalue weighted by Crippen LogP contribution is -2.33. The second kappa shape index (κ2) is 6.02. The summed E-state index contributed by atoms with van der Waals surface area (Å²) in [5.74, 6) is 2.24. The van der Waals surface area contributed by atoms with Crippen molar-refractivity contribution in [2.45, 2.75) is 11.3 Å². The number of sulfonamides is 1. The molecule has 1 aromatic carbocycles. The Labute approximate surface area is 118 Å². The van der Waals surface area contributed by atoms with E-state index in [9.17, 15) is 8.42 Å². The first kappa shape index (κ1) is 14.5. The Morgan fingerprint density at radius 3 is 2.84 bits per heavy atom. The predicted octanol–water partition coefficient (Wildman–Crippen LogP) is 1.41. The highest BCUT2D eigenvalue weighted by molar-refractivity contribution is 7.99. The zero-order valence-electron chi connectivity index (χ0n) is 10.8. The number of rotatable bonds is 3. The standard InChI is InChI=1S/C12H18N2O3S2/c1-17-12-9-10(3-4-11(12)13)19(15,16)14-5-2-7-18-8-6-14/h3-4,9H,2,5-8,13H2,1H3. The van der Waals surface area contributed by atoms with Crippen LogP contribution in [0.25, 0.3) is 0 Å². The minimum Gasteiger partial charge on any atom is -0.495 e. The number of thioether (sulfide) groups is 1. The molecule has 7 heteroatoms. The first-order valence-corrected chi connectivity index (χ1v) is 8.66. The average molecular weight is 302 g/mol. The Hall–Kier alpha value is -0.920. The largest absolute Gasteiger partial charge is 0.495 e. The van der Waals surface area contributed by atoms with E-state index in [-0.39, 0.29) is 4.90 Å². The van der Waals surface area contributed by atoms with Gasteiger partial charge in [-0.15, -0.1) is 0 Å². The highest BCUT2D eigenvalue weighted by Crippen LogP contribution is 2.27. The summed E-state index contributed by atoms with van der Waals surface area (Å²) in [6.07, 6.45) is 0.885. The first-order chi connectivity index (χ1) is 9.05. The molecule has 0 saturated carbocycles. The molecule has 0 radical (unpaired) electrons. The molecule has 2 rings (SSSR count). The number of nitrogens with zero attached hydrogens (tertiary/aromatic N) is 1. The maximum absolute atomic E-state index is 12.5. The van der Waals surface area contributed by atoms with Crippen molar-refractivity contribution in [2.24, 2.45) is 0 Å². The van der Waals surface area contributed by atoms with Crippen molar-refractivity contribution >= 4 is 27.5 Å². The van der Waals surface area contributed by atoms with Crippen LogP contribution in [0.2, 0.25) is 0 Å². The molecule has 0 unspecified atom stereocenters. The lowest BCUT2D eigenvalue weighted by Gasteiger charge is -2.20. The van der Waals surface area contributed by atoms with Crippen molar-refractivity contribution in [3.63, 3.8) is 0 Å². The van der Waals surface area contributed by atoms with Crippen molar-refractivity contribution in [2.75, 3.05) is 37.4 Å². The number of ether oxygens (including phenoxy) is 1. The van der Waals surface area contributed by atoms with E-state index in [1.165, 1.54) is 23.5 Å². The minimum absolute atomic E-state index is 0.241. The Kier molecular flexibility index (Phi) is 4.59. The van der Waals surface area contributed by atoms with Crippen LogP contribution >= 0.6 is 11.8 Å². The monoisotopic (exact) mass is 302 g/mol. The SMILES string of the molecule is COc1cc(S(=O)(=O)N2CCCSCC2)ccc1N. The number of nitrogen functional groups attached to an aromatic ring is 1. The molecular formula is C12H18N2O3S2. The molecular weight excluding hydrogens is 284 g/mol. The van der Waals surface area contributed by atoms with Gasteiger partial charge < -0.3 is 10.5 Å². The topological polar surface area (TPSA) is 72.6 Å². The lowest BCUT2D eigenvalue weighted by molar-refractivity contribution is 0.413. The summed E-state index contributed by atoms with van der Waals surface area (Å²) in [4.78, 5) is 0.241. The van der Waals surface area contributed by atoms with Gasteiger partial charge in [-0.1, -0.05) is 0 Å². The molecule has 0 bridgehead atoms. The van der Waals surface area contributed by atoms with E-state index in [2.05, 4.69) is 0 Å². The summed E-state index contributed by atoms with van der Waals surface area (Å²) in [6.45, 7) is 1.13. The first-order valence-electron chi connectivity index (χ1n) is 6.07. The van der Waals surface area contributed by atoms with E-state index >= 15 is 0 Å². The molecule has 0 aromatic heterocycles. The van der Waals surface area contributed by atoms with Gasteiger partial charge in [-0.25, -0.2) is 8.42 Å². The highest BCUT2D eigenvalue weighted by atomic mass is 32.2. The van der Waals surface area contributed by atoms with Crippen LogP contribution < -0.4 is 10.5 Å². The third-order valence-corrected chi connectivity index (χ3v) is 5.97. The van der Waals surface area contributed by atoms with E-state index in [1.54, 1.807) is 17.8 Å². The van der Waals surface area contributed by atoms with Crippen LogP contribution in [0.15, 0.2) is 23.1 Å². The van der Waals surface area contributed by atoms with Gasteiger partial charge in [0.05, 0.1) is 17.7 Å². The molecule has 0 atom stereocenters. The van der Waals surface area contributed by atoms with Crippen LogP contribution in [-0.4, -0.2) is 44.4 Å². The maximum Gasteiger partial charge on any atom is 0.243 e. The minimum atomic E-state index is -3.45. The van der Waals surface area contributed by atoms with Crippen molar-refractivity contribution in [3.05, 3.63) is 18.2 Å². The summed E-state index contributed by atoms with van der Waals surface area (Å²) in [5, 5.41) is 0. The summed E-state index contributed by atoms with van der Waals surface area (Å²) >= 11 is 1.79. The molecule has 1 saturated heterocycles. The molecule has 19 heavy (non-hydrogen) atoms. The van der Waals surface area contributed by atoms with Crippen molar-refractivity contribution < 1.29 is 13.2 Å². The van der Waals surface area contributed by atoms with Gasteiger partial charge in [0.1, 0.15) is 5.75 Å². The lowest BCUT2D eigenvalue weighted by atomic mass is 10.3. The Balaban J connectivity index is 2.32. The third-order valence-electron chi connectivity index (χ3n) is 3.02. The summed E-state index contributed by atoms with van der Waals surface area (Å²) in [6, 6.07) is 4.59. The molecule has 106 valence electrons. The second-order valence-electron chi connectivity index (χ2n) is 4.27. The molecule has 1 aromatic rings. The molecule has 1 fully saturated rings. The second-order valence-corrected chi connectivity index (χ2v) is 7.44. The maximum atomic E-state index is 12.5.